The van der Waals surface area contributed by atoms with Crippen LogP contribution in [0.4, 0.5) is 4.39 Å². The van der Waals surface area contributed by atoms with E-state index in [0.29, 0.717) is 0 Å². The number of nitrogens with one attached hydrogen (secondary N) is 1. The van der Waals surface area contributed by atoms with Gasteiger partial charge in [0, 0.05) is 11.6 Å². The van der Waals surface area contributed by atoms with E-state index < -0.39 is 28.5 Å². The lowest BCUT2D eigenvalue weighted by Gasteiger charge is -2.14. The molecule has 0 saturated carbocycles. The van der Waals surface area contributed by atoms with E-state index in [1.165, 1.54) is 11.3 Å². The van der Waals surface area contributed by atoms with Gasteiger partial charge < -0.3 is 5.11 Å². The molecule has 4 nitrogen and oxygen atoms in total. The normalized spacial score (nSPS) is 13.3. The zero-order chi connectivity index (χ0) is 15.6. The highest BCUT2D eigenvalue weighted by molar-refractivity contribution is 7.89. The van der Waals surface area contributed by atoms with Crippen LogP contribution in [0.15, 0.2) is 33.9 Å². The van der Waals surface area contributed by atoms with E-state index in [0.717, 1.165) is 17.7 Å². The number of aliphatic hydroxyl groups excluding tert-OH is 1. The highest BCUT2D eigenvalue weighted by Gasteiger charge is 2.21. The molecule has 0 aliphatic heterocycles. The van der Waals surface area contributed by atoms with E-state index in [2.05, 4.69) is 4.72 Å². The maximum absolute atomic E-state index is 13.6. The van der Waals surface area contributed by atoms with Crippen LogP contribution in [0.2, 0.25) is 5.02 Å². The van der Waals surface area contributed by atoms with Gasteiger partial charge >= 0.3 is 0 Å². The van der Waals surface area contributed by atoms with Gasteiger partial charge in [0.05, 0.1) is 16.5 Å². The number of thiophene rings is 1. The summed E-state index contributed by atoms with van der Waals surface area (Å²) < 4.78 is 40.6. The van der Waals surface area contributed by atoms with Gasteiger partial charge in [-0.3, -0.25) is 0 Å². The second-order valence-corrected chi connectivity index (χ2v) is 7.31. The van der Waals surface area contributed by atoms with Crippen molar-refractivity contribution in [3.8, 4) is 0 Å². The van der Waals surface area contributed by atoms with E-state index in [1.807, 2.05) is 10.8 Å². The number of hydrogen-bond donors (Lipinski definition) is 2. The molecule has 1 heterocycles. The Morgan fingerprint density at radius 3 is 2.76 bits per heavy atom. The van der Waals surface area contributed by atoms with Gasteiger partial charge in [0.25, 0.3) is 0 Å². The lowest BCUT2D eigenvalue weighted by atomic mass is 10.2. The van der Waals surface area contributed by atoms with Crippen molar-refractivity contribution in [1.29, 1.82) is 0 Å². The maximum atomic E-state index is 13.6. The summed E-state index contributed by atoms with van der Waals surface area (Å²) in [6.45, 7) is 1.15. The van der Waals surface area contributed by atoms with Gasteiger partial charge in [-0.15, -0.1) is 0 Å². The molecular weight excluding hydrogens is 337 g/mol. The molecule has 2 aromatic rings. The molecule has 0 aliphatic carbocycles. The van der Waals surface area contributed by atoms with Crippen molar-refractivity contribution in [2.24, 2.45) is 0 Å². The minimum absolute atomic E-state index is 0.0280. The summed E-state index contributed by atoms with van der Waals surface area (Å²) in [4.78, 5) is -0.268. The van der Waals surface area contributed by atoms with Crippen molar-refractivity contribution >= 4 is 33.0 Å². The Bertz CT molecular complexity index is 732. The number of halogens is 2. The zero-order valence-corrected chi connectivity index (χ0v) is 13.4. The third-order valence-corrected chi connectivity index (χ3v) is 5.58. The molecule has 2 N–H and O–H groups in total. The molecule has 0 radical (unpaired) electrons. The number of sulfonamides is 1. The molecule has 0 aliphatic rings. The molecule has 0 bridgehead atoms. The van der Waals surface area contributed by atoms with Crippen LogP contribution >= 0.6 is 22.9 Å². The van der Waals surface area contributed by atoms with Crippen molar-refractivity contribution < 1.29 is 17.9 Å². The molecule has 0 fully saturated rings. The average Bonchev–Trinajstić information content (AvgIpc) is 2.95. The molecule has 0 spiro atoms. The van der Waals surface area contributed by atoms with Gasteiger partial charge in [0.2, 0.25) is 10.0 Å². The van der Waals surface area contributed by atoms with E-state index >= 15 is 0 Å². The molecule has 114 valence electrons. The number of benzene rings is 1. The fourth-order valence-electron chi connectivity index (χ4n) is 1.78. The first kappa shape index (κ1) is 16.4. The van der Waals surface area contributed by atoms with E-state index in [9.17, 15) is 12.8 Å². The predicted molar refractivity (Wildman–Crippen MR) is 80.4 cm³/mol. The quantitative estimate of drug-likeness (QED) is 0.871. The van der Waals surface area contributed by atoms with Gasteiger partial charge in [0.1, 0.15) is 5.82 Å². The third-order valence-electron chi connectivity index (χ3n) is 2.93. The first-order valence-electron chi connectivity index (χ1n) is 5.98. The van der Waals surface area contributed by atoms with Crippen LogP contribution in [-0.4, -0.2) is 13.5 Å². The van der Waals surface area contributed by atoms with Crippen LogP contribution in [-0.2, 0) is 16.6 Å². The summed E-state index contributed by atoms with van der Waals surface area (Å²) in [6, 6.07) is 3.36. The maximum Gasteiger partial charge on any atom is 0.241 e. The Kier molecular flexibility index (Phi) is 5.00. The second-order valence-electron chi connectivity index (χ2n) is 4.44. The molecule has 0 amide bonds. The van der Waals surface area contributed by atoms with Gasteiger partial charge in [-0.2, -0.15) is 11.3 Å². The average molecular weight is 350 g/mol. The van der Waals surface area contributed by atoms with Crippen molar-refractivity contribution in [1.82, 2.24) is 4.72 Å². The Morgan fingerprint density at radius 2 is 2.19 bits per heavy atom. The van der Waals surface area contributed by atoms with Crippen molar-refractivity contribution in [2.45, 2.75) is 24.5 Å². The van der Waals surface area contributed by atoms with Gasteiger partial charge in [-0.1, -0.05) is 11.6 Å². The smallest absolute Gasteiger partial charge is 0.241 e. The third kappa shape index (κ3) is 3.61. The fourth-order valence-corrected chi connectivity index (χ4v) is 4.00. The van der Waals surface area contributed by atoms with Crippen LogP contribution in [0.25, 0.3) is 0 Å². The number of aliphatic hydroxyl groups is 1. The molecule has 0 saturated heterocycles. The molecule has 1 unspecified atom stereocenters. The molecule has 8 heteroatoms. The molecule has 1 aromatic carbocycles. The van der Waals surface area contributed by atoms with Crippen LogP contribution in [0, 0.1) is 5.82 Å². The highest BCUT2D eigenvalue weighted by Crippen LogP contribution is 2.26. The van der Waals surface area contributed by atoms with Crippen molar-refractivity contribution in [3.63, 3.8) is 0 Å². The fraction of sp³-hybridized carbons (Fsp3) is 0.231. The zero-order valence-electron chi connectivity index (χ0n) is 11.0. The molecule has 21 heavy (non-hydrogen) atoms. The van der Waals surface area contributed by atoms with Crippen LogP contribution in [0.3, 0.4) is 0 Å². The standard InChI is InChI=1S/C13H13ClFNO3S2/c1-8(9-2-3-20-7-9)16-21(18,19)11-4-10(6-17)13(14)12(15)5-11/h2-5,7-8,16-17H,6H2,1H3. The lowest BCUT2D eigenvalue weighted by molar-refractivity contribution is 0.281. The molecule has 1 atom stereocenters. The summed E-state index contributed by atoms with van der Waals surface area (Å²) in [5, 5.41) is 12.5. The SMILES string of the molecule is CC(NS(=O)(=O)c1cc(F)c(Cl)c(CO)c1)c1ccsc1. The van der Waals surface area contributed by atoms with Crippen molar-refractivity contribution in [3.05, 3.63) is 50.9 Å². The van der Waals surface area contributed by atoms with Crippen LogP contribution in [0.5, 0.6) is 0 Å². The highest BCUT2D eigenvalue weighted by atomic mass is 35.5. The summed E-state index contributed by atoms with van der Waals surface area (Å²) in [5.74, 6) is -0.883. The van der Waals surface area contributed by atoms with Crippen molar-refractivity contribution in [2.75, 3.05) is 0 Å². The van der Waals surface area contributed by atoms with E-state index in [-0.39, 0.29) is 15.5 Å². The minimum atomic E-state index is -3.91. The molecule has 2 rings (SSSR count). The minimum Gasteiger partial charge on any atom is -0.392 e. The largest absolute Gasteiger partial charge is 0.392 e. The second kappa shape index (κ2) is 6.41. The first-order chi connectivity index (χ1) is 9.85. The summed E-state index contributed by atoms with van der Waals surface area (Å²) in [5.41, 5.74) is 0.848. The summed E-state index contributed by atoms with van der Waals surface area (Å²) in [6.07, 6.45) is 0. The van der Waals surface area contributed by atoms with Crippen LogP contribution < -0.4 is 4.72 Å². The number of rotatable bonds is 5. The lowest BCUT2D eigenvalue weighted by Crippen LogP contribution is -2.27. The molecule has 1 aromatic heterocycles. The van der Waals surface area contributed by atoms with Gasteiger partial charge in [-0.05, 0) is 41.4 Å². The Labute approximate surface area is 131 Å². The van der Waals surface area contributed by atoms with Gasteiger partial charge in [0.15, 0.2) is 0 Å². The summed E-state index contributed by atoms with van der Waals surface area (Å²) in [7, 11) is -3.91. The first-order valence-corrected chi connectivity index (χ1v) is 8.78. The van der Waals surface area contributed by atoms with E-state index in [1.54, 1.807) is 13.0 Å². The topological polar surface area (TPSA) is 66.4 Å². The number of hydrogen-bond acceptors (Lipinski definition) is 4. The van der Waals surface area contributed by atoms with Crippen LogP contribution in [0.1, 0.15) is 24.1 Å². The monoisotopic (exact) mass is 349 g/mol. The van der Waals surface area contributed by atoms with Gasteiger partial charge in [-0.25, -0.2) is 17.5 Å². The van der Waals surface area contributed by atoms with E-state index in [4.69, 9.17) is 16.7 Å². The summed E-state index contributed by atoms with van der Waals surface area (Å²) >= 11 is 7.11. The Balaban J connectivity index is 2.34. The Morgan fingerprint density at radius 1 is 1.48 bits per heavy atom. The Hall–Kier alpha value is -0.990. The predicted octanol–water partition coefficient (Wildman–Crippen LogP) is 3.07. The molecular formula is C13H13ClFNO3S2.